The molecule has 0 aromatic carbocycles. The van der Waals surface area contributed by atoms with Crippen LogP contribution in [0.25, 0.3) is 5.69 Å². The van der Waals surface area contributed by atoms with Gasteiger partial charge in [-0.2, -0.15) is 4.68 Å². The summed E-state index contributed by atoms with van der Waals surface area (Å²) in [6, 6.07) is 3.19. The van der Waals surface area contributed by atoms with E-state index in [-0.39, 0.29) is 0 Å². The maximum Gasteiger partial charge on any atom is 0.365 e. The number of nitrogens with one attached hydrogen (secondary N) is 1. The normalized spacial score (nSPS) is 10.2. The number of pyridine rings is 1. The van der Waals surface area contributed by atoms with Crippen LogP contribution in [-0.2, 0) is 0 Å². The Morgan fingerprint density at radius 2 is 2.31 bits per heavy atom. The van der Waals surface area contributed by atoms with E-state index in [9.17, 15) is 4.79 Å². The molecule has 2 rings (SSSR count). The molecular weight excluding hydrogens is 194 g/mol. The van der Waals surface area contributed by atoms with E-state index in [0.29, 0.717) is 10.8 Å². The van der Waals surface area contributed by atoms with Gasteiger partial charge in [-0.1, -0.05) is 11.6 Å². The van der Waals surface area contributed by atoms with Crippen molar-refractivity contribution in [2.75, 3.05) is 0 Å². The molecule has 0 bridgehead atoms. The fourth-order valence-electron chi connectivity index (χ4n) is 0.860. The highest BCUT2D eigenvalue weighted by atomic mass is 35.5. The lowest BCUT2D eigenvalue weighted by Gasteiger charge is -1.95. The number of aromatic amines is 1. The molecule has 13 heavy (non-hydrogen) atoms. The zero-order chi connectivity index (χ0) is 9.26. The molecular formula is C6H4ClN5O. The van der Waals surface area contributed by atoms with Crippen LogP contribution in [-0.4, -0.2) is 25.2 Å². The van der Waals surface area contributed by atoms with Gasteiger partial charge in [0.25, 0.3) is 0 Å². The van der Waals surface area contributed by atoms with Crippen molar-refractivity contribution in [1.82, 2.24) is 25.2 Å². The van der Waals surface area contributed by atoms with Gasteiger partial charge in [0, 0.05) is 0 Å². The molecule has 0 aliphatic rings. The third-order valence-corrected chi connectivity index (χ3v) is 1.65. The third kappa shape index (κ3) is 1.43. The first kappa shape index (κ1) is 7.93. The van der Waals surface area contributed by atoms with Crippen molar-refractivity contribution in [3.8, 4) is 5.69 Å². The standard InChI is InChI=1S/C6H4ClN5O/c7-5-2-1-4(3-8-5)12-6(13)9-10-11-12/h1-3H,(H,9,11,13). The first-order valence-corrected chi connectivity index (χ1v) is 3.77. The minimum atomic E-state index is -0.413. The summed E-state index contributed by atoms with van der Waals surface area (Å²) < 4.78 is 1.09. The summed E-state index contributed by atoms with van der Waals surface area (Å²) >= 11 is 5.57. The highest BCUT2D eigenvalue weighted by Crippen LogP contribution is 2.06. The Bertz CT molecular complexity index is 458. The van der Waals surface area contributed by atoms with E-state index in [1.807, 2.05) is 0 Å². The second-order valence-electron chi connectivity index (χ2n) is 2.26. The van der Waals surface area contributed by atoms with E-state index in [2.05, 4.69) is 20.5 Å². The van der Waals surface area contributed by atoms with Crippen LogP contribution in [0.15, 0.2) is 23.1 Å². The molecule has 0 atom stereocenters. The fourth-order valence-corrected chi connectivity index (χ4v) is 0.972. The summed E-state index contributed by atoms with van der Waals surface area (Å²) in [5.74, 6) is 0. The molecule has 0 aliphatic carbocycles. The molecule has 6 nitrogen and oxygen atoms in total. The molecule has 66 valence electrons. The van der Waals surface area contributed by atoms with Crippen molar-refractivity contribution in [3.63, 3.8) is 0 Å². The van der Waals surface area contributed by atoms with E-state index in [1.54, 1.807) is 12.1 Å². The smallest absolute Gasteiger partial charge is 0.244 e. The summed E-state index contributed by atoms with van der Waals surface area (Å²) in [7, 11) is 0. The molecule has 2 aromatic rings. The Morgan fingerprint density at radius 1 is 1.46 bits per heavy atom. The molecule has 7 heteroatoms. The van der Waals surface area contributed by atoms with Crippen molar-refractivity contribution in [1.29, 1.82) is 0 Å². The van der Waals surface area contributed by atoms with E-state index in [1.165, 1.54) is 6.20 Å². The van der Waals surface area contributed by atoms with Crippen LogP contribution in [0.3, 0.4) is 0 Å². The predicted molar refractivity (Wildman–Crippen MR) is 44.8 cm³/mol. The Kier molecular flexibility index (Phi) is 1.82. The number of rotatable bonds is 1. The lowest BCUT2D eigenvalue weighted by molar-refractivity contribution is 0.776. The second-order valence-corrected chi connectivity index (χ2v) is 2.64. The highest BCUT2D eigenvalue weighted by molar-refractivity contribution is 6.29. The zero-order valence-electron chi connectivity index (χ0n) is 6.31. The predicted octanol–water partition coefficient (Wildman–Crippen LogP) is 0.00400. The molecule has 0 radical (unpaired) electrons. The van der Waals surface area contributed by atoms with Gasteiger partial charge in [-0.3, -0.25) is 0 Å². The van der Waals surface area contributed by atoms with E-state index in [0.717, 1.165) is 4.68 Å². The first-order valence-electron chi connectivity index (χ1n) is 3.40. The number of halogens is 1. The van der Waals surface area contributed by atoms with Crippen LogP contribution in [0.5, 0.6) is 0 Å². The van der Waals surface area contributed by atoms with Crippen molar-refractivity contribution >= 4 is 11.6 Å². The van der Waals surface area contributed by atoms with Gasteiger partial charge in [-0.25, -0.2) is 14.9 Å². The number of nitrogens with zero attached hydrogens (tertiary/aromatic N) is 4. The monoisotopic (exact) mass is 197 g/mol. The van der Waals surface area contributed by atoms with Gasteiger partial charge >= 0.3 is 5.69 Å². The third-order valence-electron chi connectivity index (χ3n) is 1.43. The van der Waals surface area contributed by atoms with Crippen LogP contribution in [0.1, 0.15) is 0 Å². The van der Waals surface area contributed by atoms with Crippen molar-refractivity contribution in [2.45, 2.75) is 0 Å². The van der Waals surface area contributed by atoms with Crippen LogP contribution in [0, 0.1) is 0 Å². The van der Waals surface area contributed by atoms with Crippen LogP contribution in [0.2, 0.25) is 5.15 Å². The summed E-state index contributed by atoms with van der Waals surface area (Å²) in [5.41, 5.74) is 0.104. The quantitative estimate of drug-likeness (QED) is 0.653. The highest BCUT2D eigenvalue weighted by Gasteiger charge is 2.01. The van der Waals surface area contributed by atoms with Gasteiger partial charge < -0.3 is 0 Å². The molecule has 2 heterocycles. The van der Waals surface area contributed by atoms with Gasteiger partial charge in [0.1, 0.15) is 5.15 Å². The summed E-state index contributed by atoms with van der Waals surface area (Å²) in [6.07, 6.45) is 1.44. The maximum atomic E-state index is 11.0. The van der Waals surface area contributed by atoms with E-state index < -0.39 is 5.69 Å². The zero-order valence-corrected chi connectivity index (χ0v) is 7.06. The Morgan fingerprint density at radius 3 is 2.85 bits per heavy atom. The second kappa shape index (κ2) is 2.98. The molecule has 2 aromatic heterocycles. The lowest BCUT2D eigenvalue weighted by Crippen LogP contribution is -2.15. The fraction of sp³-hybridized carbons (Fsp3) is 0. The van der Waals surface area contributed by atoms with Crippen molar-refractivity contribution in [2.24, 2.45) is 0 Å². The number of aromatic nitrogens is 5. The molecule has 1 N–H and O–H groups in total. The molecule has 0 amide bonds. The summed E-state index contributed by atoms with van der Waals surface area (Å²) in [5, 5.41) is 9.40. The number of hydrogen-bond acceptors (Lipinski definition) is 4. The van der Waals surface area contributed by atoms with Gasteiger partial charge in [0.05, 0.1) is 11.9 Å². The molecule has 0 fully saturated rings. The number of H-pyrrole nitrogens is 1. The largest absolute Gasteiger partial charge is 0.365 e. The SMILES string of the molecule is O=c1[nH]nnn1-c1ccc(Cl)nc1. The summed E-state index contributed by atoms with van der Waals surface area (Å²) in [6.45, 7) is 0. The van der Waals surface area contributed by atoms with Gasteiger partial charge in [0.15, 0.2) is 0 Å². The number of hydrogen-bond donors (Lipinski definition) is 1. The Hall–Kier alpha value is -1.69. The topological polar surface area (TPSA) is 76.5 Å². The number of tetrazole rings is 1. The average molecular weight is 198 g/mol. The van der Waals surface area contributed by atoms with Gasteiger partial charge in [-0.05, 0) is 22.6 Å². The van der Waals surface area contributed by atoms with E-state index in [4.69, 9.17) is 11.6 Å². The van der Waals surface area contributed by atoms with Crippen LogP contribution >= 0.6 is 11.6 Å². The van der Waals surface area contributed by atoms with Crippen molar-refractivity contribution in [3.05, 3.63) is 34.0 Å². The minimum absolute atomic E-state index is 0.361. The molecule has 0 spiro atoms. The molecule has 0 saturated carbocycles. The van der Waals surface area contributed by atoms with Crippen LogP contribution in [0.4, 0.5) is 0 Å². The van der Waals surface area contributed by atoms with Gasteiger partial charge in [0.2, 0.25) is 0 Å². The lowest BCUT2D eigenvalue weighted by atomic mass is 10.4. The average Bonchev–Trinajstić information content (AvgIpc) is 2.53. The Balaban J connectivity index is 2.54. The van der Waals surface area contributed by atoms with Gasteiger partial charge in [-0.15, -0.1) is 0 Å². The minimum Gasteiger partial charge on any atom is -0.244 e. The van der Waals surface area contributed by atoms with Crippen molar-refractivity contribution < 1.29 is 0 Å². The van der Waals surface area contributed by atoms with E-state index >= 15 is 0 Å². The summed E-state index contributed by atoms with van der Waals surface area (Å²) in [4.78, 5) is 14.8. The maximum absolute atomic E-state index is 11.0. The molecule has 0 aliphatic heterocycles. The first-order chi connectivity index (χ1) is 6.27. The van der Waals surface area contributed by atoms with Crippen LogP contribution < -0.4 is 5.69 Å². The Labute approximate surface area is 77.2 Å². The molecule has 0 saturated heterocycles. The molecule has 0 unspecified atom stereocenters.